The predicted molar refractivity (Wildman–Crippen MR) is 94.1 cm³/mol. The Balaban J connectivity index is 1.72. The molecular formula is C15H28N8O2. The Morgan fingerprint density at radius 3 is 2.68 bits per heavy atom. The summed E-state index contributed by atoms with van der Waals surface area (Å²) in [4.78, 5) is 24.7. The molecule has 0 radical (unpaired) electrons. The summed E-state index contributed by atoms with van der Waals surface area (Å²) in [5.74, 6) is 1.73. The molecule has 0 aromatic carbocycles. The molecule has 10 nitrogen and oxygen atoms in total. The van der Waals surface area contributed by atoms with Crippen molar-refractivity contribution in [3.05, 3.63) is 12.2 Å². The van der Waals surface area contributed by atoms with E-state index < -0.39 is 0 Å². The fourth-order valence-electron chi connectivity index (χ4n) is 2.64. The molecule has 1 aromatic rings. The molecule has 1 saturated heterocycles. The van der Waals surface area contributed by atoms with E-state index in [1.165, 1.54) is 6.33 Å². The fourth-order valence-corrected chi connectivity index (χ4v) is 2.64. The molecule has 10 heteroatoms. The largest absolute Gasteiger partial charge is 0.383 e. The van der Waals surface area contributed by atoms with E-state index in [4.69, 9.17) is 4.74 Å². The molecule has 1 aliphatic rings. The number of ether oxygens (including phenoxy) is 1. The average molecular weight is 352 g/mol. The van der Waals surface area contributed by atoms with Gasteiger partial charge in [-0.3, -0.25) is 19.4 Å². The van der Waals surface area contributed by atoms with E-state index in [0.717, 1.165) is 38.0 Å². The van der Waals surface area contributed by atoms with Gasteiger partial charge in [0.1, 0.15) is 12.2 Å². The quantitative estimate of drug-likeness (QED) is 0.342. The number of amides is 1. The number of hydrogen-bond donors (Lipinski definition) is 2. The van der Waals surface area contributed by atoms with Gasteiger partial charge in [0.15, 0.2) is 5.96 Å². The van der Waals surface area contributed by atoms with Crippen LogP contribution >= 0.6 is 0 Å². The number of carbonyl (C=O) groups is 1. The van der Waals surface area contributed by atoms with Gasteiger partial charge in [-0.05, 0) is 0 Å². The molecule has 1 aliphatic heterocycles. The first-order chi connectivity index (χ1) is 12.1. The zero-order valence-corrected chi connectivity index (χ0v) is 15.2. The lowest BCUT2D eigenvalue weighted by Gasteiger charge is -2.36. The second-order valence-corrected chi connectivity index (χ2v) is 5.81. The first-order valence-electron chi connectivity index (χ1n) is 8.40. The number of piperazine rings is 1. The summed E-state index contributed by atoms with van der Waals surface area (Å²) in [5.41, 5.74) is 0. The van der Waals surface area contributed by atoms with Gasteiger partial charge in [-0.25, -0.2) is 4.98 Å². The Hall–Kier alpha value is -2.20. The first-order valence-corrected chi connectivity index (χ1v) is 8.40. The molecule has 1 amide bonds. The summed E-state index contributed by atoms with van der Waals surface area (Å²) in [6.07, 6.45) is 1.54. The lowest BCUT2D eigenvalue weighted by Crippen LogP contribution is -2.54. The molecule has 2 rings (SSSR count). The summed E-state index contributed by atoms with van der Waals surface area (Å²) >= 11 is 0. The Morgan fingerprint density at radius 1 is 1.32 bits per heavy atom. The highest BCUT2D eigenvalue weighted by atomic mass is 16.5. The fraction of sp³-hybridized carbons (Fsp3) is 0.733. The van der Waals surface area contributed by atoms with Crippen molar-refractivity contribution in [1.82, 2.24) is 35.2 Å². The molecule has 2 N–H and O–H groups in total. The number of aromatic nitrogens is 3. The van der Waals surface area contributed by atoms with Crippen LogP contribution in [-0.2, 0) is 23.1 Å². The zero-order chi connectivity index (χ0) is 18.1. The Labute approximate surface area is 148 Å². The maximum Gasteiger partial charge on any atom is 0.234 e. The molecule has 0 aliphatic carbocycles. The Morgan fingerprint density at radius 2 is 2.08 bits per heavy atom. The van der Waals surface area contributed by atoms with Gasteiger partial charge in [0, 0.05) is 53.9 Å². The van der Waals surface area contributed by atoms with Crippen LogP contribution < -0.4 is 10.6 Å². The third kappa shape index (κ3) is 5.98. The minimum absolute atomic E-state index is 0.0373. The maximum atomic E-state index is 11.9. The molecular weight excluding hydrogens is 324 g/mol. The number of methoxy groups -OCH3 is 1. The van der Waals surface area contributed by atoms with E-state index in [1.54, 1.807) is 18.8 Å². The smallest absolute Gasteiger partial charge is 0.234 e. The topological polar surface area (TPSA) is 99.9 Å². The van der Waals surface area contributed by atoms with Gasteiger partial charge in [-0.15, -0.1) is 0 Å². The number of guanidine groups is 1. The van der Waals surface area contributed by atoms with Crippen molar-refractivity contribution in [3.8, 4) is 0 Å². The summed E-state index contributed by atoms with van der Waals surface area (Å²) in [6, 6.07) is 0. The van der Waals surface area contributed by atoms with Crippen LogP contribution in [0.3, 0.4) is 0 Å². The molecule has 0 bridgehead atoms. The molecule has 140 valence electrons. The standard InChI is InChI=1S/C15H28N8O2/c1-16-15(18-10-13-19-12-20-21(13)2)23-7-5-22(6-8-23)11-14(24)17-4-9-25-3/h12H,4-11H2,1-3H3,(H,16,18)(H,17,24). The normalized spacial score (nSPS) is 16.1. The van der Waals surface area contributed by atoms with Crippen molar-refractivity contribution in [3.63, 3.8) is 0 Å². The van der Waals surface area contributed by atoms with Crippen molar-refractivity contribution in [2.45, 2.75) is 6.54 Å². The molecule has 25 heavy (non-hydrogen) atoms. The summed E-state index contributed by atoms with van der Waals surface area (Å²) in [6.45, 7) is 5.37. The van der Waals surface area contributed by atoms with E-state index in [1.807, 2.05) is 7.05 Å². The maximum absolute atomic E-state index is 11.9. The number of nitrogens with zero attached hydrogens (tertiary/aromatic N) is 6. The number of rotatable bonds is 7. The van der Waals surface area contributed by atoms with E-state index >= 15 is 0 Å². The lowest BCUT2D eigenvalue weighted by atomic mass is 10.3. The number of nitrogens with one attached hydrogen (secondary N) is 2. The van der Waals surface area contributed by atoms with Crippen LogP contribution in [0.25, 0.3) is 0 Å². The van der Waals surface area contributed by atoms with Crippen molar-refractivity contribution in [2.75, 3.05) is 60.0 Å². The van der Waals surface area contributed by atoms with Crippen molar-refractivity contribution >= 4 is 11.9 Å². The number of aryl methyl sites for hydroxylation is 1. The van der Waals surface area contributed by atoms with E-state index in [9.17, 15) is 4.79 Å². The van der Waals surface area contributed by atoms with Crippen molar-refractivity contribution in [1.29, 1.82) is 0 Å². The minimum Gasteiger partial charge on any atom is -0.383 e. The van der Waals surface area contributed by atoms with Gasteiger partial charge in [0.2, 0.25) is 5.91 Å². The molecule has 1 fully saturated rings. The number of aliphatic imine (C=N–C) groups is 1. The number of hydrogen-bond acceptors (Lipinski definition) is 6. The average Bonchev–Trinajstić information content (AvgIpc) is 3.02. The molecule has 2 heterocycles. The molecule has 1 aromatic heterocycles. The third-order valence-electron chi connectivity index (χ3n) is 4.09. The van der Waals surface area contributed by atoms with E-state index in [-0.39, 0.29) is 5.91 Å². The number of carbonyl (C=O) groups excluding carboxylic acids is 1. The highest BCUT2D eigenvalue weighted by Gasteiger charge is 2.21. The van der Waals surface area contributed by atoms with Gasteiger partial charge in [0.05, 0.1) is 19.7 Å². The molecule has 0 spiro atoms. The molecule has 0 atom stereocenters. The third-order valence-corrected chi connectivity index (χ3v) is 4.09. The van der Waals surface area contributed by atoms with Gasteiger partial charge in [-0.1, -0.05) is 0 Å². The summed E-state index contributed by atoms with van der Waals surface area (Å²) < 4.78 is 6.66. The van der Waals surface area contributed by atoms with Gasteiger partial charge in [-0.2, -0.15) is 5.10 Å². The van der Waals surface area contributed by atoms with Crippen LogP contribution in [0.5, 0.6) is 0 Å². The van der Waals surface area contributed by atoms with Gasteiger partial charge < -0.3 is 20.3 Å². The second-order valence-electron chi connectivity index (χ2n) is 5.81. The highest BCUT2D eigenvalue weighted by molar-refractivity contribution is 5.80. The Bertz CT molecular complexity index is 566. The van der Waals surface area contributed by atoms with Crippen LogP contribution in [-0.4, -0.2) is 96.5 Å². The molecule has 0 unspecified atom stereocenters. The van der Waals surface area contributed by atoms with Crippen molar-refractivity contribution < 1.29 is 9.53 Å². The highest BCUT2D eigenvalue weighted by Crippen LogP contribution is 2.02. The van der Waals surface area contributed by atoms with Crippen molar-refractivity contribution in [2.24, 2.45) is 12.0 Å². The Kier molecular flexibility index (Phi) is 7.61. The van der Waals surface area contributed by atoms with Crippen LogP contribution in [0.4, 0.5) is 0 Å². The summed E-state index contributed by atoms with van der Waals surface area (Å²) in [7, 11) is 5.26. The van der Waals surface area contributed by atoms with E-state index in [0.29, 0.717) is 26.2 Å². The predicted octanol–water partition coefficient (Wildman–Crippen LogP) is -1.73. The summed E-state index contributed by atoms with van der Waals surface area (Å²) in [5, 5.41) is 10.2. The lowest BCUT2D eigenvalue weighted by molar-refractivity contribution is -0.122. The van der Waals surface area contributed by atoms with E-state index in [2.05, 4.69) is 35.5 Å². The van der Waals surface area contributed by atoms with Crippen LogP contribution in [0.1, 0.15) is 5.82 Å². The first kappa shape index (κ1) is 19.1. The monoisotopic (exact) mass is 352 g/mol. The zero-order valence-electron chi connectivity index (χ0n) is 15.2. The van der Waals surface area contributed by atoms with Gasteiger partial charge in [0.25, 0.3) is 0 Å². The van der Waals surface area contributed by atoms with Crippen LogP contribution in [0, 0.1) is 0 Å². The molecule has 0 saturated carbocycles. The van der Waals surface area contributed by atoms with Gasteiger partial charge >= 0.3 is 0 Å². The van der Waals surface area contributed by atoms with Crippen LogP contribution in [0.2, 0.25) is 0 Å². The second kappa shape index (κ2) is 9.94. The minimum atomic E-state index is 0.0373. The SMILES string of the molecule is CN=C(NCc1ncnn1C)N1CCN(CC(=O)NCCOC)CC1. The van der Waals surface area contributed by atoms with Crippen LogP contribution in [0.15, 0.2) is 11.3 Å².